The van der Waals surface area contributed by atoms with Gasteiger partial charge >= 0.3 is 5.97 Å². The van der Waals surface area contributed by atoms with E-state index in [1.54, 1.807) is 42.9 Å². The van der Waals surface area contributed by atoms with Crippen molar-refractivity contribution in [3.05, 3.63) is 47.3 Å². The molecule has 2 N–H and O–H groups in total. The number of aryl methyl sites for hydroxylation is 1. The molecule has 0 bridgehead atoms. The molecule has 2 amide bonds. The van der Waals surface area contributed by atoms with Crippen molar-refractivity contribution in [2.24, 2.45) is 7.05 Å². The van der Waals surface area contributed by atoms with E-state index >= 15 is 0 Å². The minimum absolute atomic E-state index is 0.214. The van der Waals surface area contributed by atoms with Crippen LogP contribution in [0.4, 0.5) is 5.69 Å². The van der Waals surface area contributed by atoms with E-state index in [4.69, 9.17) is 4.74 Å². The summed E-state index contributed by atoms with van der Waals surface area (Å²) in [5, 5.41) is 9.03. The van der Waals surface area contributed by atoms with Crippen LogP contribution in [0.3, 0.4) is 0 Å². The van der Waals surface area contributed by atoms with Crippen LogP contribution in [0, 0.1) is 6.92 Å². The van der Waals surface area contributed by atoms with E-state index in [-0.39, 0.29) is 5.91 Å². The molecule has 126 valence electrons. The minimum atomic E-state index is -0.606. The van der Waals surface area contributed by atoms with Crippen molar-refractivity contribution in [2.45, 2.75) is 6.92 Å². The Labute approximate surface area is 138 Å². The number of rotatable bonds is 5. The Morgan fingerprint density at radius 1 is 1.21 bits per heavy atom. The summed E-state index contributed by atoms with van der Waals surface area (Å²) in [6.45, 7) is 1.32. The fraction of sp³-hybridized carbons (Fsp3) is 0.250. The van der Waals surface area contributed by atoms with Gasteiger partial charge in [0.25, 0.3) is 11.8 Å². The number of hydrogen-bond acceptors (Lipinski definition) is 5. The molecule has 1 heterocycles. The van der Waals surface area contributed by atoms with E-state index in [2.05, 4.69) is 15.7 Å². The van der Waals surface area contributed by atoms with Gasteiger partial charge in [0.2, 0.25) is 0 Å². The summed E-state index contributed by atoms with van der Waals surface area (Å²) in [6, 6.07) is 6.35. The molecule has 0 unspecified atom stereocenters. The Morgan fingerprint density at radius 2 is 1.88 bits per heavy atom. The number of nitrogens with one attached hydrogen (secondary N) is 2. The molecule has 8 nitrogen and oxygen atoms in total. The molecule has 0 aliphatic rings. The SMILES string of the molecule is CNC(=O)c1ccc(NC(=O)COC(=O)c2cnn(C)c2C)cc1. The summed E-state index contributed by atoms with van der Waals surface area (Å²) in [7, 11) is 3.25. The predicted octanol–water partition coefficient (Wildman–Crippen LogP) is 0.884. The highest BCUT2D eigenvalue weighted by atomic mass is 16.5. The quantitative estimate of drug-likeness (QED) is 0.793. The first kappa shape index (κ1) is 17.2. The zero-order valence-corrected chi connectivity index (χ0v) is 13.6. The van der Waals surface area contributed by atoms with Gasteiger partial charge in [0.05, 0.1) is 6.20 Å². The van der Waals surface area contributed by atoms with Crippen molar-refractivity contribution in [1.29, 1.82) is 0 Å². The fourth-order valence-corrected chi connectivity index (χ4v) is 1.95. The van der Waals surface area contributed by atoms with Crippen molar-refractivity contribution < 1.29 is 19.1 Å². The third-order valence-corrected chi connectivity index (χ3v) is 3.45. The van der Waals surface area contributed by atoms with Gasteiger partial charge in [-0.15, -0.1) is 0 Å². The number of amides is 2. The summed E-state index contributed by atoms with van der Waals surface area (Å²) in [5.74, 6) is -1.29. The third-order valence-electron chi connectivity index (χ3n) is 3.45. The molecule has 1 aromatic heterocycles. The molecule has 0 saturated carbocycles. The van der Waals surface area contributed by atoms with Crippen LogP contribution in [0.2, 0.25) is 0 Å². The maximum Gasteiger partial charge on any atom is 0.342 e. The lowest BCUT2D eigenvalue weighted by Crippen LogP contribution is -2.21. The molecule has 2 aromatic rings. The molecule has 0 aliphatic heterocycles. The highest BCUT2D eigenvalue weighted by Crippen LogP contribution is 2.10. The lowest BCUT2D eigenvalue weighted by Gasteiger charge is -2.07. The van der Waals surface area contributed by atoms with Crippen LogP contribution in [0.5, 0.6) is 0 Å². The van der Waals surface area contributed by atoms with Gasteiger partial charge in [-0.1, -0.05) is 0 Å². The van der Waals surface area contributed by atoms with E-state index < -0.39 is 18.5 Å². The normalized spacial score (nSPS) is 10.1. The number of ether oxygens (including phenoxy) is 1. The van der Waals surface area contributed by atoms with Gasteiger partial charge in [0.1, 0.15) is 5.56 Å². The molecule has 0 aliphatic carbocycles. The van der Waals surface area contributed by atoms with Crippen molar-refractivity contribution in [1.82, 2.24) is 15.1 Å². The van der Waals surface area contributed by atoms with E-state index in [9.17, 15) is 14.4 Å². The van der Waals surface area contributed by atoms with Crippen LogP contribution < -0.4 is 10.6 Å². The average Bonchev–Trinajstić information content (AvgIpc) is 2.92. The summed E-state index contributed by atoms with van der Waals surface area (Å²) >= 11 is 0. The Bertz CT molecular complexity index is 765. The third kappa shape index (κ3) is 3.97. The highest BCUT2D eigenvalue weighted by Gasteiger charge is 2.15. The number of aromatic nitrogens is 2. The molecule has 24 heavy (non-hydrogen) atoms. The van der Waals surface area contributed by atoms with Crippen molar-refractivity contribution >= 4 is 23.5 Å². The molecule has 0 saturated heterocycles. The van der Waals surface area contributed by atoms with Gasteiger partial charge in [-0.25, -0.2) is 4.79 Å². The lowest BCUT2D eigenvalue weighted by atomic mass is 10.2. The molecule has 8 heteroatoms. The van der Waals surface area contributed by atoms with Crippen molar-refractivity contribution in [3.8, 4) is 0 Å². The van der Waals surface area contributed by atoms with Gasteiger partial charge in [-0.05, 0) is 31.2 Å². The molecule has 0 spiro atoms. The number of anilines is 1. The van der Waals surface area contributed by atoms with Crippen LogP contribution in [0.1, 0.15) is 26.4 Å². The van der Waals surface area contributed by atoms with Crippen molar-refractivity contribution in [2.75, 3.05) is 19.0 Å². The molecular weight excluding hydrogens is 312 g/mol. The topological polar surface area (TPSA) is 102 Å². The Kier molecular flexibility index (Phi) is 5.31. The number of carbonyl (C=O) groups excluding carboxylic acids is 3. The van der Waals surface area contributed by atoms with Gasteiger partial charge in [0, 0.05) is 31.0 Å². The zero-order chi connectivity index (χ0) is 17.7. The van der Waals surface area contributed by atoms with Crippen LogP contribution in [-0.2, 0) is 16.6 Å². The first-order valence-corrected chi connectivity index (χ1v) is 7.20. The number of nitrogens with zero attached hydrogens (tertiary/aromatic N) is 2. The highest BCUT2D eigenvalue weighted by molar-refractivity contribution is 5.97. The van der Waals surface area contributed by atoms with Gasteiger partial charge < -0.3 is 15.4 Å². The predicted molar refractivity (Wildman–Crippen MR) is 86.7 cm³/mol. The molecule has 1 aromatic carbocycles. The van der Waals surface area contributed by atoms with E-state index in [1.807, 2.05) is 0 Å². The lowest BCUT2D eigenvalue weighted by molar-refractivity contribution is -0.119. The van der Waals surface area contributed by atoms with Gasteiger partial charge in [-0.2, -0.15) is 5.10 Å². The number of benzene rings is 1. The monoisotopic (exact) mass is 330 g/mol. The average molecular weight is 330 g/mol. The maximum atomic E-state index is 11.9. The molecule has 0 fully saturated rings. The van der Waals surface area contributed by atoms with Crippen LogP contribution >= 0.6 is 0 Å². The number of hydrogen-bond donors (Lipinski definition) is 2. The Morgan fingerprint density at radius 3 is 2.42 bits per heavy atom. The number of carbonyl (C=O) groups is 3. The second-order valence-electron chi connectivity index (χ2n) is 5.05. The summed E-state index contributed by atoms with van der Waals surface area (Å²) < 4.78 is 6.51. The second kappa shape index (κ2) is 7.40. The maximum absolute atomic E-state index is 11.9. The Hall–Kier alpha value is -3.16. The molecule has 0 radical (unpaired) electrons. The Balaban J connectivity index is 1.88. The van der Waals surface area contributed by atoms with Crippen molar-refractivity contribution in [3.63, 3.8) is 0 Å². The first-order chi connectivity index (χ1) is 11.4. The molecule has 0 atom stereocenters. The van der Waals surface area contributed by atoms with Crippen LogP contribution in [0.15, 0.2) is 30.5 Å². The second-order valence-corrected chi connectivity index (χ2v) is 5.05. The van der Waals surface area contributed by atoms with E-state index in [0.717, 1.165) is 0 Å². The zero-order valence-electron chi connectivity index (χ0n) is 13.6. The molecule has 2 rings (SSSR count). The standard InChI is InChI=1S/C16H18N4O4/c1-10-13(8-18-20(10)3)16(23)24-9-14(21)19-12-6-4-11(5-7-12)15(22)17-2/h4-8H,9H2,1-3H3,(H,17,22)(H,19,21). The van der Waals surface area contributed by atoms with E-state index in [0.29, 0.717) is 22.5 Å². The summed E-state index contributed by atoms with van der Waals surface area (Å²) in [6.07, 6.45) is 1.40. The molecular formula is C16H18N4O4. The first-order valence-electron chi connectivity index (χ1n) is 7.20. The largest absolute Gasteiger partial charge is 0.452 e. The van der Waals surface area contributed by atoms with Crippen LogP contribution in [-0.4, -0.2) is 41.2 Å². The summed E-state index contributed by atoms with van der Waals surface area (Å²) in [4.78, 5) is 35.1. The summed E-state index contributed by atoms with van der Waals surface area (Å²) in [5.41, 5.74) is 1.96. The fourth-order valence-electron chi connectivity index (χ4n) is 1.95. The number of esters is 1. The minimum Gasteiger partial charge on any atom is -0.452 e. The van der Waals surface area contributed by atoms with E-state index in [1.165, 1.54) is 13.2 Å². The van der Waals surface area contributed by atoms with Crippen LogP contribution in [0.25, 0.3) is 0 Å². The van der Waals surface area contributed by atoms with Gasteiger partial charge in [0.15, 0.2) is 6.61 Å². The van der Waals surface area contributed by atoms with Gasteiger partial charge in [-0.3, -0.25) is 14.3 Å². The smallest absolute Gasteiger partial charge is 0.342 e.